The van der Waals surface area contributed by atoms with Gasteiger partial charge in [-0.05, 0) is 36.1 Å². The first-order valence-electron chi connectivity index (χ1n) is 9.27. The van der Waals surface area contributed by atoms with Crippen molar-refractivity contribution in [3.8, 4) is 10.7 Å². The van der Waals surface area contributed by atoms with E-state index in [-0.39, 0.29) is 4.90 Å². The van der Waals surface area contributed by atoms with Crippen molar-refractivity contribution in [2.75, 3.05) is 5.84 Å². The van der Waals surface area contributed by atoms with Crippen LogP contribution in [0.1, 0.15) is 25.6 Å². The zero-order valence-electron chi connectivity index (χ0n) is 16.2. The van der Waals surface area contributed by atoms with Crippen LogP contribution in [0.15, 0.2) is 45.8 Å². The number of unbranched alkanes of at least 4 members (excludes halogenated alkanes) is 1. The lowest BCUT2D eigenvalue weighted by Crippen LogP contribution is -2.12. The van der Waals surface area contributed by atoms with Crippen LogP contribution >= 0.6 is 23.1 Å². The number of nitrogens with zero attached hydrogens (tertiary/aromatic N) is 5. The highest BCUT2D eigenvalue weighted by Crippen LogP contribution is 2.28. The number of fused-ring (bicyclic) bond motifs is 1. The molecule has 0 fully saturated rings. The van der Waals surface area contributed by atoms with Gasteiger partial charge in [-0.15, -0.1) is 21.5 Å². The third-order valence-corrected chi connectivity index (χ3v) is 7.31. The minimum Gasteiger partial charge on any atom is -0.335 e. The molecule has 3 heterocycles. The maximum Gasteiger partial charge on any atom is 0.238 e. The Morgan fingerprint density at radius 1 is 1.23 bits per heavy atom. The van der Waals surface area contributed by atoms with Gasteiger partial charge >= 0.3 is 0 Å². The molecule has 12 heteroatoms. The Morgan fingerprint density at radius 2 is 2.07 bits per heavy atom. The molecule has 0 aliphatic rings. The topological polar surface area (TPSA) is 135 Å². The van der Waals surface area contributed by atoms with Crippen molar-refractivity contribution in [2.24, 2.45) is 5.14 Å². The lowest BCUT2D eigenvalue weighted by Gasteiger charge is -2.08. The van der Waals surface area contributed by atoms with Crippen molar-refractivity contribution in [3.05, 3.63) is 41.5 Å². The molecule has 0 amide bonds. The molecular formula is C18H21N7O2S3. The van der Waals surface area contributed by atoms with Crippen LogP contribution in [-0.2, 0) is 22.3 Å². The van der Waals surface area contributed by atoms with Gasteiger partial charge in [-0.3, -0.25) is 0 Å². The van der Waals surface area contributed by atoms with Crippen molar-refractivity contribution in [3.63, 3.8) is 0 Å². The largest absolute Gasteiger partial charge is 0.335 e. The highest BCUT2D eigenvalue weighted by Gasteiger charge is 2.17. The van der Waals surface area contributed by atoms with E-state index in [1.807, 2.05) is 17.5 Å². The fourth-order valence-electron chi connectivity index (χ4n) is 3.09. The molecule has 0 unspecified atom stereocenters. The first kappa shape index (κ1) is 20.8. The van der Waals surface area contributed by atoms with E-state index in [2.05, 4.69) is 26.7 Å². The van der Waals surface area contributed by atoms with Crippen LogP contribution in [0.2, 0.25) is 0 Å². The molecule has 4 rings (SSSR count). The fourth-order valence-corrected chi connectivity index (χ4v) is 5.13. The van der Waals surface area contributed by atoms with Gasteiger partial charge in [0.15, 0.2) is 5.82 Å². The number of sulfonamides is 1. The van der Waals surface area contributed by atoms with Gasteiger partial charge in [-0.25, -0.2) is 23.2 Å². The smallest absolute Gasteiger partial charge is 0.238 e. The average molecular weight is 464 g/mol. The number of hydrogen-bond donors (Lipinski definition) is 2. The second-order valence-corrected chi connectivity index (χ2v) is 10.1. The Labute approximate surface area is 182 Å². The Balaban J connectivity index is 1.64. The summed E-state index contributed by atoms with van der Waals surface area (Å²) in [6.07, 6.45) is 2.01. The zero-order valence-corrected chi connectivity index (χ0v) is 18.7. The number of aryl methyl sites for hydroxylation is 1. The van der Waals surface area contributed by atoms with Gasteiger partial charge in [-0.1, -0.05) is 31.2 Å². The molecule has 30 heavy (non-hydrogen) atoms. The molecule has 9 nitrogen and oxygen atoms in total. The first-order chi connectivity index (χ1) is 14.4. The highest BCUT2D eigenvalue weighted by molar-refractivity contribution is 7.98. The minimum absolute atomic E-state index is 0.0524. The van der Waals surface area contributed by atoms with Gasteiger partial charge in [0, 0.05) is 6.54 Å². The molecule has 0 aliphatic carbocycles. The first-order valence-corrected chi connectivity index (χ1v) is 12.7. The van der Waals surface area contributed by atoms with E-state index < -0.39 is 10.0 Å². The lowest BCUT2D eigenvalue weighted by molar-refractivity contribution is 0.598. The van der Waals surface area contributed by atoms with Crippen molar-refractivity contribution >= 4 is 44.2 Å². The molecular weight excluding hydrogens is 442 g/mol. The maximum atomic E-state index is 11.7. The number of nitrogens with two attached hydrogens (primary N) is 2. The van der Waals surface area contributed by atoms with Gasteiger partial charge in [0.1, 0.15) is 5.82 Å². The number of aromatic nitrogens is 5. The summed E-state index contributed by atoms with van der Waals surface area (Å²) < 4.78 is 27.0. The standard InChI is InChI=1S/C18H21N7O2S3/c1-2-3-8-24-14-7-6-12(30(20,26)27)10-13(14)21-16(24)11-29-18-23-22-17(25(18)19)15-5-4-9-28-15/h4-7,9-10H,2-3,8,11,19H2,1H3,(H2,20,26,27). The van der Waals surface area contributed by atoms with Crippen molar-refractivity contribution in [1.29, 1.82) is 0 Å². The van der Waals surface area contributed by atoms with Crippen molar-refractivity contribution in [1.82, 2.24) is 24.4 Å². The lowest BCUT2D eigenvalue weighted by atomic mass is 10.3. The molecule has 4 N–H and O–H groups in total. The van der Waals surface area contributed by atoms with Crippen LogP contribution in [0.5, 0.6) is 0 Å². The average Bonchev–Trinajstić information content (AvgIpc) is 3.42. The van der Waals surface area contributed by atoms with Gasteiger partial charge in [0.25, 0.3) is 0 Å². The van der Waals surface area contributed by atoms with E-state index >= 15 is 0 Å². The van der Waals surface area contributed by atoms with Crippen molar-refractivity contribution in [2.45, 2.75) is 42.1 Å². The van der Waals surface area contributed by atoms with E-state index in [1.54, 1.807) is 17.4 Å². The Bertz CT molecular complexity index is 1280. The Kier molecular flexibility index (Phi) is 5.82. The second kappa shape index (κ2) is 8.38. The Hall–Kier alpha value is -2.41. The summed E-state index contributed by atoms with van der Waals surface area (Å²) >= 11 is 2.98. The molecule has 0 atom stereocenters. The molecule has 3 aromatic heterocycles. The van der Waals surface area contributed by atoms with E-state index in [4.69, 9.17) is 11.0 Å². The number of imidazole rings is 1. The molecule has 0 bridgehead atoms. The second-order valence-electron chi connectivity index (χ2n) is 6.67. The van der Waals surface area contributed by atoms with E-state index in [1.165, 1.54) is 28.6 Å². The third kappa shape index (κ3) is 4.08. The maximum absolute atomic E-state index is 11.7. The molecule has 0 saturated heterocycles. The molecule has 0 aliphatic heterocycles. The van der Waals surface area contributed by atoms with Crippen LogP contribution in [0.25, 0.3) is 21.7 Å². The number of nitrogen functional groups attached to an aromatic ring is 1. The number of rotatable bonds is 8. The number of primary sulfonamides is 1. The number of thioether (sulfide) groups is 1. The van der Waals surface area contributed by atoms with Crippen LogP contribution in [0.3, 0.4) is 0 Å². The molecule has 158 valence electrons. The molecule has 0 saturated carbocycles. The summed E-state index contributed by atoms with van der Waals surface area (Å²) in [5.74, 6) is 8.14. The number of benzene rings is 1. The summed E-state index contributed by atoms with van der Waals surface area (Å²) in [4.78, 5) is 5.67. The minimum atomic E-state index is -3.79. The summed E-state index contributed by atoms with van der Waals surface area (Å²) in [6.45, 7) is 2.91. The van der Waals surface area contributed by atoms with Crippen molar-refractivity contribution < 1.29 is 8.42 Å². The molecule has 1 aromatic carbocycles. The van der Waals surface area contributed by atoms with Crippen LogP contribution in [0.4, 0.5) is 0 Å². The SMILES string of the molecule is CCCCn1c(CSc2nnc(-c3cccs3)n2N)nc2cc(S(N)(=O)=O)ccc21. The highest BCUT2D eigenvalue weighted by atomic mass is 32.2. The Morgan fingerprint density at radius 3 is 2.77 bits per heavy atom. The van der Waals surface area contributed by atoms with Crippen LogP contribution < -0.4 is 11.0 Å². The predicted molar refractivity (Wildman–Crippen MR) is 119 cm³/mol. The predicted octanol–water partition coefficient (Wildman–Crippen LogP) is 2.81. The van der Waals surface area contributed by atoms with Crippen LogP contribution in [-0.4, -0.2) is 32.8 Å². The quantitative estimate of drug-likeness (QED) is 0.303. The van der Waals surface area contributed by atoms with E-state index in [9.17, 15) is 8.42 Å². The zero-order chi connectivity index (χ0) is 21.3. The summed E-state index contributed by atoms with van der Waals surface area (Å²) in [5.41, 5.74) is 1.47. The summed E-state index contributed by atoms with van der Waals surface area (Å²) in [5, 5.41) is 16.2. The normalized spacial score (nSPS) is 12.1. The van der Waals surface area contributed by atoms with Gasteiger partial charge in [-0.2, -0.15) is 0 Å². The number of hydrogen-bond acceptors (Lipinski definition) is 8. The van der Waals surface area contributed by atoms with E-state index in [0.717, 1.165) is 35.6 Å². The third-order valence-electron chi connectivity index (χ3n) is 4.60. The van der Waals surface area contributed by atoms with Gasteiger partial charge in [0.2, 0.25) is 15.2 Å². The van der Waals surface area contributed by atoms with E-state index in [0.29, 0.717) is 22.3 Å². The molecule has 0 spiro atoms. The number of thiophene rings is 1. The molecule has 4 aromatic rings. The fraction of sp³-hybridized carbons (Fsp3) is 0.278. The van der Waals surface area contributed by atoms with Gasteiger partial charge in [0.05, 0.1) is 26.6 Å². The summed E-state index contributed by atoms with van der Waals surface area (Å²) in [6, 6.07) is 8.67. The summed E-state index contributed by atoms with van der Waals surface area (Å²) in [7, 11) is -3.79. The van der Waals surface area contributed by atoms with Gasteiger partial charge < -0.3 is 10.4 Å². The van der Waals surface area contributed by atoms with Crippen LogP contribution in [0, 0.1) is 0 Å². The molecule has 0 radical (unpaired) electrons. The monoisotopic (exact) mass is 463 g/mol.